The first-order chi connectivity index (χ1) is 13.0. The zero-order valence-corrected chi connectivity index (χ0v) is 19.0. The number of rotatable bonds is 8. The Morgan fingerprint density at radius 2 is 1.79 bits per heavy atom. The fourth-order valence-electron chi connectivity index (χ4n) is 2.62. The predicted octanol–water partition coefficient (Wildman–Crippen LogP) is 4.29. The van der Waals surface area contributed by atoms with Gasteiger partial charge in [-0.3, -0.25) is 0 Å². The van der Waals surface area contributed by atoms with Gasteiger partial charge in [-0.15, -0.1) is 24.0 Å². The molecule has 0 aromatic heterocycles. The average Bonchev–Trinajstić information content (AvgIpc) is 2.66. The second kappa shape index (κ2) is 12.7. The van der Waals surface area contributed by atoms with Crippen LogP contribution in [0.15, 0.2) is 47.5 Å². The first-order valence-corrected chi connectivity index (χ1v) is 9.24. The summed E-state index contributed by atoms with van der Waals surface area (Å²) in [5.74, 6) is -0.325. The molecule has 0 atom stereocenters. The predicted molar refractivity (Wildman–Crippen MR) is 122 cm³/mol. The Morgan fingerprint density at radius 1 is 1.04 bits per heavy atom. The van der Waals surface area contributed by atoms with Crippen LogP contribution in [0.4, 0.5) is 8.78 Å². The average molecular weight is 502 g/mol. The highest BCUT2D eigenvalue weighted by Crippen LogP contribution is 2.10. The molecule has 2 N–H and O–H groups in total. The third-order valence-electron chi connectivity index (χ3n) is 4.20. The summed E-state index contributed by atoms with van der Waals surface area (Å²) in [5, 5.41) is 6.18. The van der Waals surface area contributed by atoms with E-state index in [1.807, 2.05) is 19.1 Å². The molecule has 0 unspecified atom stereocenters. The lowest BCUT2D eigenvalue weighted by Gasteiger charge is -2.14. The van der Waals surface area contributed by atoms with E-state index >= 15 is 0 Å². The van der Waals surface area contributed by atoms with Gasteiger partial charge in [-0.1, -0.05) is 31.2 Å². The third-order valence-corrected chi connectivity index (χ3v) is 4.20. The molecular formula is C21H29F2IN4. The SMILES string of the molecule is CCNC(=NCc1cccc(CN(C)CC)c1)NCc1cc(F)ccc1F.I. The lowest BCUT2D eigenvalue weighted by molar-refractivity contribution is 0.345. The smallest absolute Gasteiger partial charge is 0.191 e. The van der Waals surface area contributed by atoms with Crippen molar-refractivity contribution in [3.8, 4) is 0 Å². The highest BCUT2D eigenvalue weighted by atomic mass is 127. The molecule has 0 heterocycles. The molecule has 0 aliphatic carbocycles. The molecule has 0 radical (unpaired) electrons. The molecule has 0 amide bonds. The highest BCUT2D eigenvalue weighted by Gasteiger charge is 2.05. The van der Waals surface area contributed by atoms with Gasteiger partial charge in [0.05, 0.1) is 6.54 Å². The van der Waals surface area contributed by atoms with Crippen LogP contribution in [0.25, 0.3) is 0 Å². The van der Waals surface area contributed by atoms with Crippen molar-refractivity contribution >= 4 is 29.9 Å². The number of halogens is 3. The van der Waals surface area contributed by atoms with Gasteiger partial charge in [0, 0.05) is 25.2 Å². The van der Waals surface area contributed by atoms with Gasteiger partial charge >= 0.3 is 0 Å². The van der Waals surface area contributed by atoms with E-state index in [9.17, 15) is 8.78 Å². The summed E-state index contributed by atoms with van der Waals surface area (Å²) in [5.41, 5.74) is 2.61. The maximum atomic E-state index is 13.8. The lowest BCUT2D eigenvalue weighted by Crippen LogP contribution is -2.37. The number of hydrogen-bond donors (Lipinski definition) is 2. The third kappa shape index (κ3) is 8.10. The molecule has 0 aliphatic rings. The number of guanidine groups is 1. The molecule has 2 aromatic carbocycles. The minimum atomic E-state index is -0.455. The van der Waals surface area contributed by atoms with E-state index in [-0.39, 0.29) is 36.1 Å². The van der Waals surface area contributed by atoms with Crippen LogP contribution in [0.2, 0.25) is 0 Å². The Labute approximate surface area is 183 Å². The number of nitrogens with zero attached hydrogens (tertiary/aromatic N) is 2. The first-order valence-electron chi connectivity index (χ1n) is 9.24. The lowest BCUT2D eigenvalue weighted by atomic mass is 10.1. The van der Waals surface area contributed by atoms with Crippen LogP contribution in [0.3, 0.4) is 0 Å². The summed E-state index contributed by atoms with van der Waals surface area (Å²) in [6.45, 7) is 7.32. The minimum Gasteiger partial charge on any atom is -0.357 e. The second-order valence-corrected chi connectivity index (χ2v) is 6.43. The maximum absolute atomic E-state index is 13.8. The van der Waals surface area contributed by atoms with E-state index in [0.29, 0.717) is 19.0 Å². The van der Waals surface area contributed by atoms with Gasteiger partial charge in [0.2, 0.25) is 0 Å². The maximum Gasteiger partial charge on any atom is 0.191 e. The number of benzene rings is 2. The molecule has 0 spiro atoms. The van der Waals surface area contributed by atoms with Crippen LogP contribution in [-0.4, -0.2) is 31.0 Å². The van der Waals surface area contributed by atoms with E-state index in [4.69, 9.17) is 0 Å². The van der Waals surface area contributed by atoms with Crippen LogP contribution in [-0.2, 0) is 19.6 Å². The van der Waals surface area contributed by atoms with E-state index in [0.717, 1.165) is 30.8 Å². The van der Waals surface area contributed by atoms with Gasteiger partial charge < -0.3 is 15.5 Å². The molecule has 28 heavy (non-hydrogen) atoms. The molecule has 2 rings (SSSR count). The first kappa shape index (κ1) is 24.3. The topological polar surface area (TPSA) is 39.7 Å². The zero-order valence-electron chi connectivity index (χ0n) is 16.6. The van der Waals surface area contributed by atoms with E-state index < -0.39 is 11.6 Å². The van der Waals surface area contributed by atoms with Crippen molar-refractivity contribution in [2.45, 2.75) is 33.5 Å². The molecule has 0 aliphatic heterocycles. The van der Waals surface area contributed by atoms with Crippen LogP contribution < -0.4 is 10.6 Å². The summed E-state index contributed by atoms with van der Waals surface area (Å²) in [4.78, 5) is 6.79. The number of nitrogens with one attached hydrogen (secondary N) is 2. The van der Waals surface area contributed by atoms with Crippen LogP contribution >= 0.6 is 24.0 Å². The second-order valence-electron chi connectivity index (χ2n) is 6.43. The Morgan fingerprint density at radius 3 is 2.50 bits per heavy atom. The van der Waals surface area contributed by atoms with Crippen LogP contribution in [0.1, 0.15) is 30.5 Å². The largest absolute Gasteiger partial charge is 0.357 e. The van der Waals surface area contributed by atoms with Gasteiger partial charge in [0.25, 0.3) is 0 Å². The Bertz CT molecular complexity index is 768. The fraction of sp³-hybridized carbons (Fsp3) is 0.381. The standard InChI is InChI=1S/C21H28F2N4.HI/c1-4-24-21(26-14-18-12-19(22)9-10-20(18)23)25-13-16-7-6-8-17(11-16)15-27(3)5-2;/h6-12H,4-5,13-15H2,1-3H3,(H2,24,25,26);1H. The van der Waals surface area contributed by atoms with Crippen molar-refractivity contribution in [2.24, 2.45) is 4.99 Å². The minimum absolute atomic E-state index is 0. The van der Waals surface area contributed by atoms with Gasteiger partial charge in [-0.05, 0) is 49.8 Å². The summed E-state index contributed by atoms with van der Waals surface area (Å²) in [7, 11) is 2.09. The molecule has 7 heteroatoms. The van der Waals surface area contributed by atoms with E-state index in [2.05, 4.69) is 46.6 Å². The van der Waals surface area contributed by atoms with Gasteiger partial charge in [-0.25, -0.2) is 13.8 Å². The molecule has 0 saturated carbocycles. The quantitative estimate of drug-likeness (QED) is 0.322. The van der Waals surface area contributed by atoms with Crippen molar-refractivity contribution in [1.29, 1.82) is 0 Å². The van der Waals surface area contributed by atoms with Crippen molar-refractivity contribution in [1.82, 2.24) is 15.5 Å². The number of aliphatic imine (C=N–C) groups is 1. The van der Waals surface area contributed by atoms with Gasteiger partial charge in [-0.2, -0.15) is 0 Å². The van der Waals surface area contributed by atoms with Gasteiger partial charge in [0.1, 0.15) is 11.6 Å². The molecular weight excluding hydrogens is 473 g/mol. The normalized spacial score (nSPS) is 11.3. The summed E-state index contributed by atoms with van der Waals surface area (Å²) < 4.78 is 27.1. The van der Waals surface area contributed by atoms with Crippen molar-refractivity contribution in [3.63, 3.8) is 0 Å². The van der Waals surface area contributed by atoms with Crippen molar-refractivity contribution < 1.29 is 8.78 Å². The van der Waals surface area contributed by atoms with Gasteiger partial charge in [0.15, 0.2) is 5.96 Å². The number of hydrogen-bond acceptors (Lipinski definition) is 2. The molecule has 0 saturated heterocycles. The molecule has 4 nitrogen and oxygen atoms in total. The Kier molecular flexibility index (Phi) is 11.0. The summed E-state index contributed by atoms with van der Waals surface area (Å²) >= 11 is 0. The van der Waals surface area contributed by atoms with E-state index in [1.54, 1.807) is 0 Å². The Hall–Kier alpha value is -1.74. The van der Waals surface area contributed by atoms with Crippen LogP contribution in [0.5, 0.6) is 0 Å². The van der Waals surface area contributed by atoms with Crippen molar-refractivity contribution in [2.75, 3.05) is 20.1 Å². The molecule has 154 valence electrons. The highest BCUT2D eigenvalue weighted by molar-refractivity contribution is 14.0. The molecule has 0 bridgehead atoms. The summed E-state index contributed by atoms with van der Waals surface area (Å²) in [6, 6.07) is 11.8. The summed E-state index contributed by atoms with van der Waals surface area (Å²) in [6.07, 6.45) is 0. The van der Waals surface area contributed by atoms with Crippen LogP contribution in [0, 0.1) is 11.6 Å². The van der Waals surface area contributed by atoms with Crippen molar-refractivity contribution in [3.05, 3.63) is 70.8 Å². The molecule has 0 fully saturated rings. The van der Waals surface area contributed by atoms with E-state index in [1.165, 1.54) is 11.6 Å². The Balaban J connectivity index is 0.00000392. The fourth-order valence-corrected chi connectivity index (χ4v) is 2.62. The molecule has 2 aromatic rings. The zero-order chi connectivity index (χ0) is 19.6. The monoisotopic (exact) mass is 502 g/mol.